The summed E-state index contributed by atoms with van der Waals surface area (Å²) in [5, 5.41) is 0. The number of aromatic nitrogens is 2. The van der Waals surface area contributed by atoms with Crippen molar-refractivity contribution in [1.82, 2.24) is 9.97 Å². The van der Waals surface area contributed by atoms with E-state index in [0.29, 0.717) is 9.49 Å². The second-order valence-electron chi connectivity index (χ2n) is 9.43. The van der Waals surface area contributed by atoms with Crippen molar-refractivity contribution in [3.8, 4) is 0 Å². The molecule has 0 atom stereocenters. The van der Waals surface area contributed by atoms with E-state index in [1.165, 1.54) is 56.6 Å². The Hall–Kier alpha value is -1.08. The minimum atomic E-state index is 0.377. The predicted molar refractivity (Wildman–Crippen MR) is 131 cm³/mol. The quantitative estimate of drug-likeness (QED) is 0.305. The second kappa shape index (κ2) is 6.71. The number of hydrogen-bond donors (Lipinski definition) is 0. The third-order valence-electron chi connectivity index (χ3n) is 7.11. The molecule has 0 saturated heterocycles. The van der Waals surface area contributed by atoms with Gasteiger partial charge in [0.15, 0.2) is 8.68 Å². The van der Waals surface area contributed by atoms with Crippen LogP contribution >= 0.6 is 46.2 Å². The van der Waals surface area contributed by atoms with Crippen molar-refractivity contribution in [2.75, 3.05) is 0 Å². The van der Waals surface area contributed by atoms with E-state index in [1.807, 2.05) is 22.7 Å². The van der Waals surface area contributed by atoms with Crippen LogP contribution in [0.3, 0.4) is 0 Å². The Morgan fingerprint density at radius 2 is 1.17 bits per heavy atom. The van der Waals surface area contributed by atoms with Crippen LogP contribution < -0.4 is 0 Å². The molecular formula is C24H22N2S4. The van der Waals surface area contributed by atoms with Crippen molar-refractivity contribution in [3.63, 3.8) is 0 Å². The van der Waals surface area contributed by atoms with Crippen LogP contribution in [0.4, 0.5) is 0 Å². The van der Waals surface area contributed by atoms with E-state index >= 15 is 0 Å². The van der Waals surface area contributed by atoms with Gasteiger partial charge in [0.1, 0.15) is 0 Å². The Bertz CT molecular complexity index is 1080. The van der Waals surface area contributed by atoms with Crippen LogP contribution in [0.5, 0.6) is 0 Å². The third-order valence-corrected chi connectivity index (χ3v) is 12.1. The van der Waals surface area contributed by atoms with E-state index < -0.39 is 0 Å². The molecule has 4 bridgehead atoms. The Morgan fingerprint density at radius 1 is 0.700 bits per heavy atom. The number of hydrogen-bond acceptors (Lipinski definition) is 6. The molecule has 0 unspecified atom stereocenters. The summed E-state index contributed by atoms with van der Waals surface area (Å²) in [4.78, 5) is 9.98. The second-order valence-corrected chi connectivity index (χ2v) is 14.9. The van der Waals surface area contributed by atoms with Crippen molar-refractivity contribution in [3.05, 3.63) is 48.5 Å². The maximum absolute atomic E-state index is 4.99. The molecule has 152 valence electrons. The minimum Gasteiger partial charge on any atom is -0.230 e. The van der Waals surface area contributed by atoms with Crippen molar-refractivity contribution in [2.24, 2.45) is 11.8 Å². The number of rotatable bonds is 4. The molecule has 0 amide bonds. The number of thioether (sulfide) groups is 2. The molecule has 0 spiro atoms. The monoisotopic (exact) mass is 466 g/mol. The molecule has 4 aliphatic rings. The predicted octanol–water partition coefficient (Wildman–Crippen LogP) is 7.88. The van der Waals surface area contributed by atoms with E-state index in [-0.39, 0.29) is 0 Å². The summed E-state index contributed by atoms with van der Waals surface area (Å²) in [6.07, 6.45) is 8.29. The lowest BCUT2D eigenvalue weighted by Crippen LogP contribution is -2.56. The number of fused-ring (bicyclic) bond motifs is 2. The van der Waals surface area contributed by atoms with Gasteiger partial charge < -0.3 is 0 Å². The highest BCUT2D eigenvalue weighted by Crippen LogP contribution is 2.68. The summed E-state index contributed by atoms with van der Waals surface area (Å²) in [5.74, 6) is 1.77. The van der Waals surface area contributed by atoms with Crippen LogP contribution in [0, 0.1) is 11.8 Å². The molecule has 30 heavy (non-hydrogen) atoms. The molecule has 2 nitrogen and oxygen atoms in total. The fourth-order valence-electron chi connectivity index (χ4n) is 6.49. The summed E-state index contributed by atoms with van der Waals surface area (Å²) in [5.41, 5.74) is 2.32. The average Bonchev–Trinajstić information content (AvgIpc) is 3.28. The zero-order valence-corrected chi connectivity index (χ0v) is 19.8. The molecule has 4 saturated carbocycles. The normalized spacial score (nSPS) is 32.4. The van der Waals surface area contributed by atoms with Crippen LogP contribution in [0.25, 0.3) is 20.4 Å². The lowest BCUT2D eigenvalue weighted by Gasteiger charge is -2.61. The van der Waals surface area contributed by atoms with Gasteiger partial charge in [-0.1, -0.05) is 47.8 Å². The first-order valence-corrected chi connectivity index (χ1v) is 14.0. The van der Waals surface area contributed by atoms with Gasteiger partial charge >= 0.3 is 0 Å². The van der Waals surface area contributed by atoms with E-state index in [9.17, 15) is 0 Å². The Kier molecular flexibility index (Phi) is 4.13. The van der Waals surface area contributed by atoms with Crippen LogP contribution in [0.1, 0.15) is 38.5 Å². The van der Waals surface area contributed by atoms with Gasteiger partial charge in [0.05, 0.1) is 20.4 Å². The van der Waals surface area contributed by atoms with Gasteiger partial charge in [0.25, 0.3) is 0 Å². The summed E-state index contributed by atoms with van der Waals surface area (Å²) < 4.78 is 5.95. The Labute approximate surface area is 192 Å². The Balaban J connectivity index is 1.21. The molecule has 0 aliphatic heterocycles. The lowest BCUT2D eigenvalue weighted by atomic mass is 9.55. The van der Waals surface area contributed by atoms with Gasteiger partial charge in [0.2, 0.25) is 0 Å². The zero-order chi connectivity index (χ0) is 19.8. The maximum Gasteiger partial charge on any atom is 0.151 e. The number of benzene rings is 2. The van der Waals surface area contributed by atoms with Crippen molar-refractivity contribution >= 4 is 66.6 Å². The van der Waals surface area contributed by atoms with Gasteiger partial charge in [-0.25, -0.2) is 9.97 Å². The van der Waals surface area contributed by atoms with Crippen molar-refractivity contribution < 1.29 is 0 Å². The van der Waals surface area contributed by atoms with Gasteiger partial charge in [0, 0.05) is 9.49 Å². The Morgan fingerprint density at radius 3 is 1.63 bits per heavy atom. The highest BCUT2D eigenvalue weighted by atomic mass is 32.2. The highest BCUT2D eigenvalue weighted by molar-refractivity contribution is 8.03. The zero-order valence-electron chi connectivity index (χ0n) is 16.5. The number of nitrogens with zero attached hydrogens (tertiary/aromatic N) is 2. The molecule has 2 aromatic carbocycles. The molecule has 4 fully saturated rings. The minimum absolute atomic E-state index is 0.377. The first-order valence-electron chi connectivity index (χ1n) is 10.8. The van der Waals surface area contributed by atoms with Crippen LogP contribution in [-0.4, -0.2) is 19.5 Å². The molecule has 2 heterocycles. The number of para-hydroxylation sites is 2. The highest BCUT2D eigenvalue weighted by Gasteiger charge is 2.59. The third kappa shape index (κ3) is 3.06. The number of thiazole rings is 2. The maximum atomic E-state index is 4.99. The van der Waals surface area contributed by atoms with E-state index in [0.717, 1.165) is 22.9 Å². The van der Waals surface area contributed by atoms with E-state index in [2.05, 4.69) is 72.1 Å². The molecular weight excluding hydrogens is 445 g/mol. The summed E-state index contributed by atoms with van der Waals surface area (Å²) >= 11 is 8.01. The van der Waals surface area contributed by atoms with E-state index in [1.54, 1.807) is 0 Å². The van der Waals surface area contributed by atoms with Crippen LogP contribution in [0.15, 0.2) is 57.2 Å². The average molecular weight is 467 g/mol. The van der Waals surface area contributed by atoms with Crippen molar-refractivity contribution in [2.45, 2.75) is 56.7 Å². The molecule has 4 aromatic rings. The SMILES string of the molecule is c1ccc2sc(SC34CC5CC(C3)CC(Sc3nc6ccccc6s3)(C5)C4)nc2c1. The first-order chi connectivity index (χ1) is 14.7. The molecule has 2 aromatic heterocycles. The van der Waals surface area contributed by atoms with Crippen LogP contribution in [0.2, 0.25) is 0 Å². The van der Waals surface area contributed by atoms with Gasteiger partial charge in [-0.3, -0.25) is 0 Å². The molecule has 4 aliphatic carbocycles. The van der Waals surface area contributed by atoms with Crippen LogP contribution in [-0.2, 0) is 0 Å². The fraction of sp³-hybridized carbons (Fsp3) is 0.417. The standard InChI is InChI=1S/C24H22N2S4/c1-3-7-19-17(5-1)25-21(27-19)29-23-10-15-9-16(11-23)13-24(12-15,14-23)30-22-26-18-6-2-4-8-20(18)28-22/h1-8,15-16H,9-14H2. The molecule has 0 radical (unpaired) electrons. The molecule has 6 heteroatoms. The molecule has 0 N–H and O–H groups in total. The van der Waals surface area contributed by atoms with Crippen molar-refractivity contribution in [1.29, 1.82) is 0 Å². The molecule has 8 rings (SSSR count). The van der Waals surface area contributed by atoms with E-state index in [4.69, 9.17) is 9.97 Å². The fourth-order valence-corrected chi connectivity index (χ4v) is 12.9. The smallest absolute Gasteiger partial charge is 0.151 e. The lowest BCUT2D eigenvalue weighted by molar-refractivity contribution is 0.0575. The largest absolute Gasteiger partial charge is 0.230 e. The summed E-state index contributed by atoms with van der Waals surface area (Å²) in [6, 6.07) is 17.2. The summed E-state index contributed by atoms with van der Waals surface area (Å²) in [7, 11) is 0. The van der Waals surface area contributed by atoms with Gasteiger partial charge in [-0.15, -0.1) is 22.7 Å². The topological polar surface area (TPSA) is 25.8 Å². The van der Waals surface area contributed by atoms with Gasteiger partial charge in [-0.2, -0.15) is 0 Å². The first kappa shape index (κ1) is 18.5. The van der Waals surface area contributed by atoms with Gasteiger partial charge in [-0.05, 0) is 74.6 Å². The summed E-state index contributed by atoms with van der Waals surface area (Å²) in [6.45, 7) is 0.